The molecule has 1 heterocycles. The molecule has 6 heteroatoms. The van der Waals surface area contributed by atoms with Crippen molar-refractivity contribution in [2.45, 2.75) is 6.42 Å². The Balaban J connectivity index is 2.29. The fourth-order valence-electron chi connectivity index (χ4n) is 1.83. The van der Waals surface area contributed by atoms with Crippen LogP contribution >= 0.6 is 0 Å². The van der Waals surface area contributed by atoms with Gasteiger partial charge in [-0.2, -0.15) is 5.10 Å². The first kappa shape index (κ1) is 12.8. The fourth-order valence-corrected chi connectivity index (χ4v) is 1.83. The number of carbonyl (C=O) groups is 2. The quantitative estimate of drug-likeness (QED) is 0.729. The molecule has 0 aromatic heterocycles. The Bertz CT molecular complexity index is 578. The maximum Gasteiger partial charge on any atom is 0.227 e. The van der Waals surface area contributed by atoms with Gasteiger partial charge in [-0.05, 0) is 17.7 Å². The molecule has 98 valence electrons. The van der Waals surface area contributed by atoms with Gasteiger partial charge in [0.15, 0.2) is 0 Å². The number of carbonyl (C=O) groups excluding carboxylic acids is 2. The van der Waals surface area contributed by atoms with Crippen LogP contribution in [-0.2, 0) is 9.59 Å². The van der Waals surface area contributed by atoms with Crippen LogP contribution in [0.2, 0.25) is 0 Å². The molecule has 19 heavy (non-hydrogen) atoms. The highest BCUT2D eigenvalue weighted by Crippen LogP contribution is 2.20. The lowest BCUT2D eigenvalue weighted by molar-refractivity contribution is -0.125. The molecule has 0 radical (unpaired) electrons. The highest BCUT2D eigenvalue weighted by atomic mass is 16.2. The Labute approximate surface area is 110 Å². The normalized spacial score (nSPS) is 14.6. The Kier molecular flexibility index (Phi) is 3.61. The molecule has 0 fully saturated rings. The molecule has 1 aromatic carbocycles. The van der Waals surface area contributed by atoms with Gasteiger partial charge in [-0.1, -0.05) is 24.3 Å². The minimum atomic E-state index is -0.824. The summed E-state index contributed by atoms with van der Waals surface area (Å²) in [5.74, 6) is -2.05. The van der Waals surface area contributed by atoms with Crippen LogP contribution in [0.3, 0.4) is 0 Å². The molecule has 0 aliphatic carbocycles. The van der Waals surface area contributed by atoms with Crippen LogP contribution in [0.4, 0.5) is 5.69 Å². The molecule has 5 N–H and O–H groups in total. The van der Waals surface area contributed by atoms with Crippen molar-refractivity contribution in [2.75, 3.05) is 5.43 Å². The van der Waals surface area contributed by atoms with Crippen LogP contribution in [0.25, 0.3) is 6.08 Å². The third kappa shape index (κ3) is 2.98. The van der Waals surface area contributed by atoms with Gasteiger partial charge >= 0.3 is 0 Å². The zero-order valence-electron chi connectivity index (χ0n) is 10.2. The summed E-state index contributed by atoms with van der Waals surface area (Å²) in [6.45, 7) is 0. The van der Waals surface area contributed by atoms with E-state index in [2.05, 4.69) is 10.5 Å². The zero-order valence-corrected chi connectivity index (χ0v) is 10.2. The summed E-state index contributed by atoms with van der Waals surface area (Å²) in [6, 6.07) is 7.53. The molecule has 1 aliphatic rings. The second kappa shape index (κ2) is 5.34. The van der Waals surface area contributed by atoms with Crippen molar-refractivity contribution in [2.24, 2.45) is 22.5 Å². The van der Waals surface area contributed by atoms with Crippen LogP contribution in [-0.4, -0.2) is 17.5 Å². The van der Waals surface area contributed by atoms with E-state index in [0.29, 0.717) is 5.71 Å². The van der Waals surface area contributed by atoms with Gasteiger partial charge in [0.1, 0.15) is 0 Å². The Morgan fingerprint density at radius 2 is 1.95 bits per heavy atom. The number of amides is 2. The second-order valence-electron chi connectivity index (χ2n) is 4.19. The molecular formula is C13H14N4O2. The Hall–Kier alpha value is -2.63. The fraction of sp³-hybridized carbons (Fsp3) is 0.154. The molecule has 1 unspecified atom stereocenters. The van der Waals surface area contributed by atoms with Gasteiger partial charge in [0.05, 0.1) is 17.3 Å². The van der Waals surface area contributed by atoms with Crippen molar-refractivity contribution in [3.05, 3.63) is 35.9 Å². The van der Waals surface area contributed by atoms with E-state index in [0.717, 1.165) is 11.3 Å². The maximum atomic E-state index is 11.4. The van der Waals surface area contributed by atoms with Crippen molar-refractivity contribution >= 4 is 29.3 Å². The van der Waals surface area contributed by atoms with Crippen molar-refractivity contribution < 1.29 is 9.59 Å². The maximum absolute atomic E-state index is 11.4. The van der Waals surface area contributed by atoms with Crippen LogP contribution in [0.1, 0.15) is 12.0 Å². The number of nitrogens with two attached hydrogens (primary N) is 2. The van der Waals surface area contributed by atoms with Gasteiger partial charge in [0, 0.05) is 6.42 Å². The minimum absolute atomic E-state index is 0.156. The number of allylic oxidation sites excluding steroid dienone is 1. The van der Waals surface area contributed by atoms with Gasteiger partial charge in [0.25, 0.3) is 0 Å². The summed E-state index contributed by atoms with van der Waals surface area (Å²) in [4.78, 5) is 22.4. The van der Waals surface area contributed by atoms with Crippen molar-refractivity contribution in [1.82, 2.24) is 0 Å². The third-order valence-corrected chi connectivity index (χ3v) is 2.81. The number of nitrogens with zero attached hydrogens (tertiary/aromatic N) is 1. The van der Waals surface area contributed by atoms with E-state index >= 15 is 0 Å². The molecule has 6 nitrogen and oxygen atoms in total. The molecule has 1 aromatic rings. The van der Waals surface area contributed by atoms with Crippen LogP contribution < -0.4 is 16.9 Å². The highest BCUT2D eigenvalue weighted by molar-refractivity contribution is 6.13. The van der Waals surface area contributed by atoms with Crippen molar-refractivity contribution in [3.8, 4) is 0 Å². The second-order valence-corrected chi connectivity index (χ2v) is 4.19. The van der Waals surface area contributed by atoms with Crippen molar-refractivity contribution in [1.29, 1.82) is 0 Å². The highest BCUT2D eigenvalue weighted by Gasteiger charge is 2.23. The molecule has 0 bridgehead atoms. The van der Waals surface area contributed by atoms with E-state index in [1.54, 1.807) is 6.08 Å². The first-order valence-corrected chi connectivity index (χ1v) is 5.76. The van der Waals surface area contributed by atoms with E-state index in [1.807, 2.05) is 30.3 Å². The number of hydrogen-bond acceptors (Lipinski definition) is 4. The standard InChI is InChI=1S/C13H14N4O2/c14-12(18)7-9(13(15)19)11-6-5-8-3-1-2-4-10(8)16-17-11/h1-6,9,16H,7H2,(H2,14,18)(H2,15,19). The lowest BCUT2D eigenvalue weighted by Crippen LogP contribution is -2.33. The van der Waals surface area contributed by atoms with E-state index in [-0.39, 0.29) is 6.42 Å². The van der Waals surface area contributed by atoms with E-state index < -0.39 is 17.7 Å². The van der Waals surface area contributed by atoms with E-state index in [9.17, 15) is 9.59 Å². The average molecular weight is 258 g/mol. The summed E-state index contributed by atoms with van der Waals surface area (Å²) >= 11 is 0. The lowest BCUT2D eigenvalue weighted by atomic mass is 9.97. The number of hydrazone groups is 1. The molecule has 0 spiro atoms. The number of nitrogens with one attached hydrogen (secondary N) is 1. The molecule has 2 rings (SSSR count). The summed E-state index contributed by atoms with van der Waals surface area (Å²) in [6.07, 6.45) is 3.32. The van der Waals surface area contributed by atoms with E-state index in [4.69, 9.17) is 11.5 Å². The number of primary amides is 2. The monoisotopic (exact) mass is 258 g/mol. The topological polar surface area (TPSA) is 111 Å². The number of benzene rings is 1. The van der Waals surface area contributed by atoms with Crippen molar-refractivity contribution in [3.63, 3.8) is 0 Å². The van der Waals surface area contributed by atoms with Gasteiger partial charge < -0.3 is 11.5 Å². The Morgan fingerprint density at radius 3 is 2.63 bits per heavy atom. The van der Waals surface area contributed by atoms with Crippen LogP contribution in [0, 0.1) is 5.92 Å². The molecule has 1 aliphatic heterocycles. The lowest BCUT2D eigenvalue weighted by Gasteiger charge is -2.10. The molecule has 1 atom stereocenters. The van der Waals surface area contributed by atoms with Crippen LogP contribution in [0.5, 0.6) is 0 Å². The molecular weight excluding hydrogens is 244 g/mol. The average Bonchev–Trinajstić information content (AvgIpc) is 2.58. The van der Waals surface area contributed by atoms with Crippen LogP contribution in [0.15, 0.2) is 35.4 Å². The van der Waals surface area contributed by atoms with Gasteiger partial charge in [0.2, 0.25) is 11.8 Å². The Morgan fingerprint density at radius 1 is 1.21 bits per heavy atom. The predicted molar refractivity (Wildman–Crippen MR) is 73.0 cm³/mol. The van der Waals surface area contributed by atoms with Gasteiger partial charge in [-0.25, -0.2) is 0 Å². The summed E-state index contributed by atoms with van der Waals surface area (Å²) in [5, 5.41) is 4.11. The summed E-state index contributed by atoms with van der Waals surface area (Å²) in [5.41, 5.74) is 15.4. The predicted octanol–water partition coefficient (Wildman–Crippen LogP) is 0.458. The number of para-hydroxylation sites is 1. The van der Waals surface area contributed by atoms with E-state index in [1.165, 1.54) is 0 Å². The van der Waals surface area contributed by atoms with Gasteiger partial charge in [-0.3, -0.25) is 15.0 Å². The first-order chi connectivity index (χ1) is 9.08. The SMILES string of the molecule is NC(=O)CC(C(N)=O)C1=NNc2ccccc2C=C1. The zero-order chi connectivity index (χ0) is 13.8. The number of fused-ring (bicyclic) bond motifs is 1. The number of rotatable bonds is 4. The molecule has 0 saturated heterocycles. The van der Waals surface area contributed by atoms with Gasteiger partial charge in [-0.15, -0.1) is 0 Å². The minimum Gasteiger partial charge on any atom is -0.370 e. The molecule has 0 saturated carbocycles. The third-order valence-electron chi connectivity index (χ3n) is 2.81. The largest absolute Gasteiger partial charge is 0.370 e. The summed E-state index contributed by atoms with van der Waals surface area (Å²) < 4.78 is 0. The number of hydrogen-bond donors (Lipinski definition) is 3. The molecule has 2 amide bonds. The number of anilines is 1. The summed E-state index contributed by atoms with van der Waals surface area (Å²) in [7, 11) is 0. The smallest absolute Gasteiger partial charge is 0.227 e. The first-order valence-electron chi connectivity index (χ1n) is 5.76.